The minimum Gasteiger partial charge on any atom is -0.465 e. The van der Waals surface area contributed by atoms with Crippen molar-refractivity contribution in [3.05, 3.63) is 30.1 Å². The minimum atomic E-state index is -0.811. The summed E-state index contributed by atoms with van der Waals surface area (Å²) in [4.78, 5) is 28.5. The van der Waals surface area contributed by atoms with E-state index in [1.165, 1.54) is 4.90 Å². The van der Waals surface area contributed by atoms with Crippen molar-refractivity contribution in [2.24, 2.45) is 17.8 Å². The number of carboxylic acid groups (broad SMARTS) is 1. The minimum absolute atomic E-state index is 0.167. The van der Waals surface area contributed by atoms with E-state index in [9.17, 15) is 9.59 Å². The lowest BCUT2D eigenvalue weighted by atomic mass is 9.76. The molecule has 1 aliphatic heterocycles. The van der Waals surface area contributed by atoms with E-state index >= 15 is 0 Å². The van der Waals surface area contributed by atoms with E-state index in [4.69, 9.17) is 5.11 Å². The molecule has 3 atom stereocenters. The third-order valence-corrected chi connectivity index (χ3v) is 5.16. The van der Waals surface area contributed by atoms with Crippen molar-refractivity contribution in [3.63, 3.8) is 0 Å². The first-order chi connectivity index (χ1) is 11.6. The predicted octanol–water partition coefficient (Wildman–Crippen LogP) is 1.91. The van der Waals surface area contributed by atoms with Crippen molar-refractivity contribution in [1.82, 2.24) is 20.5 Å². The number of carbonyl (C=O) groups excluding carboxylic acids is 1. The Morgan fingerprint density at radius 1 is 1.25 bits per heavy atom. The number of hydrogen-bond donors (Lipinski definition) is 3. The number of rotatable bonds is 4. The van der Waals surface area contributed by atoms with Crippen molar-refractivity contribution < 1.29 is 14.7 Å². The molecule has 1 aromatic heterocycles. The van der Waals surface area contributed by atoms with Crippen molar-refractivity contribution in [3.8, 4) is 0 Å². The molecule has 7 heteroatoms. The maximum Gasteiger partial charge on any atom is 0.407 e. The first kappa shape index (κ1) is 16.5. The molecule has 7 nitrogen and oxygen atoms in total. The summed E-state index contributed by atoms with van der Waals surface area (Å²) in [5, 5.41) is 14.9. The molecule has 0 bridgehead atoms. The summed E-state index contributed by atoms with van der Waals surface area (Å²) in [7, 11) is 0. The van der Waals surface area contributed by atoms with Gasteiger partial charge in [0.15, 0.2) is 0 Å². The first-order valence-corrected chi connectivity index (χ1v) is 8.50. The van der Waals surface area contributed by atoms with Gasteiger partial charge in [0.1, 0.15) is 0 Å². The van der Waals surface area contributed by atoms with Gasteiger partial charge >= 0.3 is 12.1 Å². The van der Waals surface area contributed by atoms with Gasteiger partial charge in [-0.15, -0.1) is 0 Å². The molecule has 2 aliphatic rings. The Labute approximate surface area is 141 Å². The summed E-state index contributed by atoms with van der Waals surface area (Å²) in [5.41, 5.74) is 0.966. The number of urea groups is 1. The molecule has 3 unspecified atom stereocenters. The highest BCUT2D eigenvalue weighted by Gasteiger charge is 2.39. The summed E-state index contributed by atoms with van der Waals surface area (Å²) in [6.45, 7) is 2.42. The van der Waals surface area contributed by atoms with Gasteiger partial charge in [-0.2, -0.15) is 0 Å². The number of nitrogens with zero attached hydrogens (tertiary/aromatic N) is 2. The molecule has 130 valence electrons. The molecule has 1 aliphatic carbocycles. The van der Waals surface area contributed by atoms with Crippen LogP contribution in [-0.4, -0.2) is 46.7 Å². The lowest BCUT2D eigenvalue weighted by Gasteiger charge is -2.30. The van der Waals surface area contributed by atoms with Crippen LogP contribution in [0.15, 0.2) is 24.5 Å². The highest BCUT2D eigenvalue weighted by molar-refractivity contribution is 5.73. The highest BCUT2D eigenvalue weighted by Crippen LogP contribution is 2.38. The largest absolute Gasteiger partial charge is 0.465 e. The van der Waals surface area contributed by atoms with Crippen LogP contribution in [0, 0.1) is 17.8 Å². The number of nitrogens with one attached hydrogen (secondary N) is 2. The second-order valence-corrected chi connectivity index (χ2v) is 6.81. The number of fused-ring (bicyclic) bond motifs is 1. The highest BCUT2D eigenvalue weighted by atomic mass is 16.4. The third-order valence-electron chi connectivity index (χ3n) is 5.16. The van der Waals surface area contributed by atoms with Gasteiger partial charge in [0.05, 0.1) is 0 Å². The van der Waals surface area contributed by atoms with Crippen LogP contribution in [-0.2, 0) is 6.54 Å². The van der Waals surface area contributed by atoms with Crippen LogP contribution < -0.4 is 10.6 Å². The van der Waals surface area contributed by atoms with Gasteiger partial charge in [0, 0.05) is 38.6 Å². The fraction of sp³-hybridized carbons (Fsp3) is 0.588. The molecule has 0 spiro atoms. The lowest BCUT2D eigenvalue weighted by molar-refractivity contribution is 0.153. The second-order valence-electron chi connectivity index (χ2n) is 6.81. The summed E-state index contributed by atoms with van der Waals surface area (Å²) in [6, 6.07) is 3.60. The fourth-order valence-electron chi connectivity index (χ4n) is 3.85. The van der Waals surface area contributed by atoms with Gasteiger partial charge in [0.2, 0.25) is 0 Å². The third kappa shape index (κ3) is 4.15. The number of aromatic nitrogens is 1. The molecule has 2 heterocycles. The molecule has 3 rings (SSSR count). The van der Waals surface area contributed by atoms with Crippen LogP contribution in [0.5, 0.6) is 0 Å². The van der Waals surface area contributed by atoms with E-state index in [1.807, 2.05) is 12.1 Å². The topological polar surface area (TPSA) is 94.6 Å². The van der Waals surface area contributed by atoms with Crippen LogP contribution >= 0.6 is 0 Å². The average molecular weight is 332 g/mol. The van der Waals surface area contributed by atoms with E-state index in [0.717, 1.165) is 24.8 Å². The Balaban J connectivity index is 1.38. The molecular formula is C17H24N4O3. The quantitative estimate of drug-likeness (QED) is 0.785. The molecule has 1 saturated heterocycles. The monoisotopic (exact) mass is 332 g/mol. The average Bonchev–Trinajstić information content (AvgIpc) is 3.02. The molecule has 0 radical (unpaired) electrons. The molecule has 2 fully saturated rings. The molecule has 0 aromatic carbocycles. The number of carbonyl (C=O) groups is 2. The van der Waals surface area contributed by atoms with Gasteiger partial charge in [0.25, 0.3) is 0 Å². The molecule has 3 amide bonds. The van der Waals surface area contributed by atoms with Crippen LogP contribution in [0.1, 0.15) is 24.8 Å². The van der Waals surface area contributed by atoms with Gasteiger partial charge in [-0.25, -0.2) is 9.59 Å². The molecule has 1 saturated carbocycles. The maximum atomic E-state index is 11.9. The van der Waals surface area contributed by atoms with Crippen LogP contribution in [0.4, 0.5) is 9.59 Å². The van der Waals surface area contributed by atoms with Gasteiger partial charge < -0.3 is 20.6 Å². The van der Waals surface area contributed by atoms with Crippen LogP contribution in [0.25, 0.3) is 0 Å². The zero-order chi connectivity index (χ0) is 16.9. The number of amides is 3. The molecular weight excluding hydrogens is 308 g/mol. The standard InChI is InChI=1S/C17H24N4O3/c22-16(20-9-13-2-1-5-18-7-13)19-8-12-3-4-14-10-21(17(23)24)11-15(14)6-12/h1-2,5,7,12,14-15H,3-4,6,8-11H2,(H,23,24)(H2,19,20,22). The Morgan fingerprint density at radius 2 is 2.08 bits per heavy atom. The van der Waals surface area contributed by atoms with E-state index < -0.39 is 6.09 Å². The Bertz CT molecular complexity index is 580. The predicted molar refractivity (Wildman–Crippen MR) is 88.4 cm³/mol. The zero-order valence-corrected chi connectivity index (χ0v) is 13.6. The SMILES string of the molecule is O=C(NCc1cccnc1)NCC1CCC2CN(C(=O)O)CC2C1. The molecule has 1 aromatic rings. The van der Waals surface area contributed by atoms with E-state index in [0.29, 0.717) is 43.9 Å². The van der Waals surface area contributed by atoms with Gasteiger partial charge in [-0.05, 0) is 48.6 Å². The van der Waals surface area contributed by atoms with Crippen molar-refractivity contribution in [2.45, 2.75) is 25.8 Å². The second kappa shape index (κ2) is 7.51. The molecule has 24 heavy (non-hydrogen) atoms. The number of likely N-dealkylation sites (tertiary alicyclic amines) is 1. The summed E-state index contributed by atoms with van der Waals surface area (Å²) < 4.78 is 0. The van der Waals surface area contributed by atoms with Crippen LogP contribution in [0.2, 0.25) is 0 Å². The maximum absolute atomic E-state index is 11.9. The van der Waals surface area contributed by atoms with Gasteiger partial charge in [-0.3, -0.25) is 4.98 Å². The molecule has 3 N–H and O–H groups in total. The van der Waals surface area contributed by atoms with E-state index in [1.54, 1.807) is 12.4 Å². The number of pyridine rings is 1. The van der Waals surface area contributed by atoms with Crippen molar-refractivity contribution in [1.29, 1.82) is 0 Å². The van der Waals surface area contributed by atoms with E-state index in [-0.39, 0.29) is 6.03 Å². The summed E-state index contributed by atoms with van der Waals surface area (Å²) in [6.07, 6.45) is 5.73. The van der Waals surface area contributed by atoms with Crippen molar-refractivity contribution >= 4 is 12.1 Å². The first-order valence-electron chi connectivity index (χ1n) is 8.50. The Morgan fingerprint density at radius 3 is 2.83 bits per heavy atom. The van der Waals surface area contributed by atoms with Crippen LogP contribution in [0.3, 0.4) is 0 Å². The van der Waals surface area contributed by atoms with Gasteiger partial charge in [-0.1, -0.05) is 6.07 Å². The number of hydrogen-bond acceptors (Lipinski definition) is 3. The zero-order valence-electron chi connectivity index (χ0n) is 13.6. The fourth-order valence-corrected chi connectivity index (χ4v) is 3.85. The Hall–Kier alpha value is -2.31. The lowest BCUT2D eigenvalue weighted by Crippen LogP contribution is -2.39. The normalized spacial score (nSPS) is 25.8. The summed E-state index contributed by atoms with van der Waals surface area (Å²) >= 11 is 0. The Kier molecular flexibility index (Phi) is 5.17. The van der Waals surface area contributed by atoms with Crippen molar-refractivity contribution in [2.75, 3.05) is 19.6 Å². The van der Waals surface area contributed by atoms with E-state index in [2.05, 4.69) is 15.6 Å². The smallest absolute Gasteiger partial charge is 0.407 e. The summed E-state index contributed by atoms with van der Waals surface area (Å²) in [5.74, 6) is 1.38.